The van der Waals surface area contributed by atoms with Crippen molar-refractivity contribution in [2.24, 2.45) is 14.1 Å². The summed E-state index contributed by atoms with van der Waals surface area (Å²) in [5.41, 5.74) is 5.18. The van der Waals surface area contributed by atoms with Gasteiger partial charge in [0.15, 0.2) is 10.4 Å². The van der Waals surface area contributed by atoms with E-state index in [0.29, 0.717) is 4.77 Å². The quantitative estimate of drug-likeness (QED) is 0.754. The molecule has 0 radical (unpaired) electrons. The lowest BCUT2D eigenvalue weighted by molar-refractivity contribution is 0.734. The van der Waals surface area contributed by atoms with Crippen LogP contribution in [0.4, 0.5) is 0 Å². The van der Waals surface area contributed by atoms with E-state index in [1.807, 2.05) is 34.2 Å². The highest BCUT2D eigenvalue weighted by Crippen LogP contribution is 2.24. The third-order valence-corrected chi connectivity index (χ3v) is 3.97. The first-order valence-electron chi connectivity index (χ1n) is 7.26. The number of aromatic nitrogens is 6. The van der Waals surface area contributed by atoms with Crippen LogP contribution in [0.2, 0.25) is 0 Å². The van der Waals surface area contributed by atoms with E-state index in [1.165, 1.54) is 0 Å². The van der Waals surface area contributed by atoms with Gasteiger partial charge in [-0.05, 0) is 25.1 Å². The smallest absolute Gasteiger partial charge is 0.184 e. The van der Waals surface area contributed by atoms with Crippen molar-refractivity contribution in [1.82, 2.24) is 29.1 Å². The van der Waals surface area contributed by atoms with Crippen LogP contribution in [0.5, 0.6) is 0 Å². The third-order valence-electron chi connectivity index (χ3n) is 3.68. The molecule has 0 saturated carbocycles. The average Bonchev–Trinajstić information content (AvgIpc) is 3.05. The standard InChI is InChI=1S/C14H20N6S/c1-5-7-10-12-13(19(4)17-10)20(14(21)15-12)11-8-18(3)16-9(11)6-2/h8H,5-7H2,1-4H3,(H,15,21). The van der Waals surface area contributed by atoms with Crippen LogP contribution in [-0.4, -0.2) is 29.1 Å². The summed E-state index contributed by atoms with van der Waals surface area (Å²) < 4.78 is 6.47. The van der Waals surface area contributed by atoms with E-state index in [2.05, 4.69) is 29.0 Å². The predicted molar refractivity (Wildman–Crippen MR) is 85.4 cm³/mol. The van der Waals surface area contributed by atoms with Gasteiger partial charge in [0, 0.05) is 20.3 Å². The number of hydrogen-bond donors (Lipinski definition) is 1. The summed E-state index contributed by atoms with van der Waals surface area (Å²) in [5.74, 6) is 0. The van der Waals surface area contributed by atoms with Crippen LogP contribution in [0.3, 0.4) is 0 Å². The Kier molecular flexibility index (Phi) is 3.44. The molecule has 3 aromatic heterocycles. The molecule has 0 aliphatic heterocycles. The second kappa shape index (κ2) is 5.14. The molecule has 0 fully saturated rings. The van der Waals surface area contributed by atoms with Gasteiger partial charge in [-0.3, -0.25) is 9.25 Å². The van der Waals surface area contributed by atoms with Crippen LogP contribution in [0.1, 0.15) is 31.7 Å². The first-order chi connectivity index (χ1) is 10.1. The summed E-state index contributed by atoms with van der Waals surface area (Å²) in [7, 11) is 3.89. The molecule has 0 aromatic carbocycles. The van der Waals surface area contributed by atoms with Gasteiger partial charge in [0.25, 0.3) is 0 Å². The number of aryl methyl sites for hydroxylation is 4. The maximum atomic E-state index is 5.54. The fraction of sp³-hybridized carbons (Fsp3) is 0.500. The van der Waals surface area contributed by atoms with E-state index < -0.39 is 0 Å². The number of nitrogens with one attached hydrogen (secondary N) is 1. The van der Waals surface area contributed by atoms with Gasteiger partial charge in [0.2, 0.25) is 0 Å². The maximum Gasteiger partial charge on any atom is 0.184 e. The first-order valence-corrected chi connectivity index (χ1v) is 7.67. The zero-order valence-corrected chi connectivity index (χ0v) is 13.7. The van der Waals surface area contributed by atoms with Gasteiger partial charge in [0.1, 0.15) is 5.52 Å². The molecule has 7 heteroatoms. The number of rotatable bonds is 4. The lowest BCUT2D eigenvalue weighted by Crippen LogP contribution is -2.02. The van der Waals surface area contributed by atoms with E-state index in [4.69, 9.17) is 12.2 Å². The van der Waals surface area contributed by atoms with Crippen LogP contribution >= 0.6 is 12.2 Å². The Bertz CT molecular complexity index is 847. The molecule has 0 spiro atoms. The Morgan fingerprint density at radius 2 is 1.95 bits per heavy atom. The number of aromatic amines is 1. The molecule has 3 rings (SSSR count). The SMILES string of the molecule is CCCc1nn(C)c2c1[nH]c(=S)n2-c1cn(C)nc1CC. The zero-order chi connectivity index (χ0) is 15.1. The average molecular weight is 304 g/mol. The zero-order valence-electron chi connectivity index (χ0n) is 12.8. The minimum atomic E-state index is 0.693. The molecule has 0 saturated heterocycles. The molecular weight excluding hydrogens is 284 g/mol. The van der Waals surface area contributed by atoms with Gasteiger partial charge in [-0.1, -0.05) is 20.3 Å². The van der Waals surface area contributed by atoms with Crippen LogP contribution in [0.15, 0.2) is 6.20 Å². The number of H-pyrrole nitrogens is 1. The van der Waals surface area contributed by atoms with E-state index in [1.54, 1.807) is 0 Å². The highest BCUT2D eigenvalue weighted by atomic mass is 32.1. The Morgan fingerprint density at radius 1 is 1.19 bits per heavy atom. The van der Waals surface area contributed by atoms with Gasteiger partial charge >= 0.3 is 0 Å². The Hall–Kier alpha value is -1.89. The van der Waals surface area contributed by atoms with E-state index in [0.717, 1.165) is 47.5 Å². The monoisotopic (exact) mass is 304 g/mol. The van der Waals surface area contributed by atoms with Crippen molar-refractivity contribution in [3.63, 3.8) is 0 Å². The van der Waals surface area contributed by atoms with E-state index in [9.17, 15) is 0 Å². The van der Waals surface area contributed by atoms with Crippen molar-refractivity contribution in [3.8, 4) is 5.69 Å². The number of fused-ring (bicyclic) bond motifs is 1. The fourth-order valence-corrected chi connectivity index (χ4v) is 3.10. The van der Waals surface area contributed by atoms with Gasteiger partial charge in [-0.2, -0.15) is 10.2 Å². The second-order valence-electron chi connectivity index (χ2n) is 5.27. The summed E-state index contributed by atoms with van der Waals surface area (Å²) in [4.78, 5) is 3.32. The Morgan fingerprint density at radius 3 is 2.62 bits per heavy atom. The summed E-state index contributed by atoms with van der Waals surface area (Å²) >= 11 is 5.54. The van der Waals surface area contributed by atoms with Gasteiger partial charge in [-0.25, -0.2) is 4.68 Å². The summed E-state index contributed by atoms with van der Waals surface area (Å²) in [6.07, 6.45) is 4.88. The van der Waals surface area contributed by atoms with Crippen LogP contribution in [0, 0.1) is 4.77 Å². The first kappa shape index (κ1) is 14.1. The van der Waals surface area contributed by atoms with Crippen molar-refractivity contribution >= 4 is 23.4 Å². The van der Waals surface area contributed by atoms with Crippen molar-refractivity contribution in [3.05, 3.63) is 22.4 Å². The largest absolute Gasteiger partial charge is 0.327 e. The molecule has 3 heterocycles. The maximum absolute atomic E-state index is 5.54. The molecule has 3 aromatic rings. The summed E-state index contributed by atoms with van der Waals surface area (Å²) in [6.45, 7) is 4.26. The fourth-order valence-electron chi connectivity index (χ4n) is 2.81. The highest BCUT2D eigenvalue weighted by Gasteiger charge is 2.18. The van der Waals surface area contributed by atoms with Crippen LogP contribution < -0.4 is 0 Å². The van der Waals surface area contributed by atoms with Gasteiger partial charge in [-0.15, -0.1) is 0 Å². The molecule has 0 aliphatic rings. The van der Waals surface area contributed by atoms with Gasteiger partial charge < -0.3 is 4.98 Å². The van der Waals surface area contributed by atoms with Crippen molar-refractivity contribution in [2.45, 2.75) is 33.1 Å². The van der Waals surface area contributed by atoms with Crippen LogP contribution in [0.25, 0.3) is 16.9 Å². The molecule has 1 N–H and O–H groups in total. The highest BCUT2D eigenvalue weighted by molar-refractivity contribution is 7.71. The number of nitrogens with zero attached hydrogens (tertiary/aromatic N) is 5. The Labute approximate surface area is 128 Å². The third kappa shape index (κ3) is 2.12. The molecule has 21 heavy (non-hydrogen) atoms. The molecule has 112 valence electrons. The molecule has 0 atom stereocenters. The van der Waals surface area contributed by atoms with Crippen molar-refractivity contribution < 1.29 is 0 Å². The molecule has 0 bridgehead atoms. The molecule has 0 aliphatic carbocycles. The van der Waals surface area contributed by atoms with Crippen molar-refractivity contribution in [2.75, 3.05) is 0 Å². The lowest BCUT2D eigenvalue weighted by Gasteiger charge is -2.03. The molecule has 0 amide bonds. The second-order valence-corrected chi connectivity index (χ2v) is 5.66. The minimum absolute atomic E-state index is 0.693. The molecular formula is C14H20N6S. The summed E-state index contributed by atoms with van der Waals surface area (Å²) in [5, 5.41) is 9.13. The van der Waals surface area contributed by atoms with E-state index in [-0.39, 0.29) is 0 Å². The Balaban J connectivity index is 2.32. The summed E-state index contributed by atoms with van der Waals surface area (Å²) in [6, 6.07) is 0. The molecule has 6 nitrogen and oxygen atoms in total. The molecule has 0 unspecified atom stereocenters. The van der Waals surface area contributed by atoms with Gasteiger partial charge in [0.05, 0.1) is 17.1 Å². The predicted octanol–water partition coefficient (Wildman–Crippen LogP) is 2.67. The normalized spacial score (nSPS) is 11.6. The lowest BCUT2D eigenvalue weighted by atomic mass is 10.2. The number of hydrogen-bond acceptors (Lipinski definition) is 3. The van der Waals surface area contributed by atoms with Crippen molar-refractivity contribution in [1.29, 1.82) is 0 Å². The van der Waals surface area contributed by atoms with E-state index >= 15 is 0 Å². The number of imidazole rings is 1. The minimum Gasteiger partial charge on any atom is -0.327 e. The topological polar surface area (TPSA) is 56.4 Å². The van der Waals surface area contributed by atoms with Crippen LogP contribution in [-0.2, 0) is 26.9 Å².